The molecule has 0 bridgehead atoms. The van der Waals surface area contributed by atoms with Gasteiger partial charge < -0.3 is 10.2 Å². The van der Waals surface area contributed by atoms with E-state index in [9.17, 15) is 4.79 Å². The van der Waals surface area contributed by atoms with Gasteiger partial charge in [-0.15, -0.1) is 0 Å². The minimum atomic E-state index is 0.0246. The molecule has 1 unspecified atom stereocenters. The van der Waals surface area contributed by atoms with Crippen LogP contribution in [0.15, 0.2) is 0 Å². The Kier molecular flexibility index (Phi) is 6.44. The molecule has 1 N–H and O–H groups in total. The van der Waals surface area contributed by atoms with Gasteiger partial charge in [0.15, 0.2) is 5.69 Å². The molecule has 2 rings (SSSR count). The molecule has 5 nitrogen and oxygen atoms in total. The van der Waals surface area contributed by atoms with Crippen molar-refractivity contribution in [3.05, 3.63) is 17.0 Å². The molecular formula is C19H34N4O. The van der Waals surface area contributed by atoms with Gasteiger partial charge in [-0.3, -0.25) is 9.48 Å². The minimum absolute atomic E-state index is 0.0246. The summed E-state index contributed by atoms with van der Waals surface area (Å²) in [5.74, 6) is 1.27. The average molecular weight is 335 g/mol. The third-order valence-electron chi connectivity index (χ3n) is 4.65. The number of aromatic nitrogens is 2. The molecule has 5 heteroatoms. The number of fused-ring (bicyclic) bond motifs is 1. The van der Waals surface area contributed by atoms with Crippen LogP contribution in [0.4, 0.5) is 0 Å². The van der Waals surface area contributed by atoms with Crippen LogP contribution in [0, 0.1) is 11.8 Å². The van der Waals surface area contributed by atoms with Crippen LogP contribution < -0.4 is 5.32 Å². The Hall–Kier alpha value is -1.36. The van der Waals surface area contributed by atoms with E-state index >= 15 is 0 Å². The molecule has 0 saturated heterocycles. The van der Waals surface area contributed by atoms with E-state index in [2.05, 4.69) is 37.7 Å². The number of hydrogen-bond acceptors (Lipinski definition) is 3. The largest absolute Gasteiger partial charge is 0.343 e. The Morgan fingerprint density at radius 1 is 1.29 bits per heavy atom. The molecule has 0 saturated carbocycles. The van der Waals surface area contributed by atoms with Crippen molar-refractivity contribution in [3.63, 3.8) is 0 Å². The first-order valence-corrected chi connectivity index (χ1v) is 9.33. The lowest BCUT2D eigenvalue weighted by atomic mass is 9.90. The van der Waals surface area contributed by atoms with E-state index < -0.39 is 0 Å². The first-order chi connectivity index (χ1) is 11.3. The summed E-state index contributed by atoms with van der Waals surface area (Å²) in [4.78, 5) is 14.2. The van der Waals surface area contributed by atoms with Crippen molar-refractivity contribution in [1.82, 2.24) is 20.0 Å². The lowest BCUT2D eigenvalue weighted by Crippen LogP contribution is -2.36. The third-order valence-corrected chi connectivity index (χ3v) is 4.65. The summed E-state index contributed by atoms with van der Waals surface area (Å²) in [6, 6.07) is 0.460. The van der Waals surface area contributed by atoms with Crippen molar-refractivity contribution in [1.29, 1.82) is 0 Å². The Balaban J connectivity index is 2.19. The number of amides is 1. The molecular weight excluding hydrogens is 300 g/mol. The van der Waals surface area contributed by atoms with Gasteiger partial charge in [0, 0.05) is 37.9 Å². The van der Waals surface area contributed by atoms with E-state index in [1.165, 1.54) is 17.7 Å². The fourth-order valence-corrected chi connectivity index (χ4v) is 3.32. The van der Waals surface area contributed by atoms with E-state index in [1.54, 1.807) is 19.0 Å². The molecule has 1 heterocycles. The average Bonchev–Trinajstić information content (AvgIpc) is 2.83. The molecule has 0 aliphatic heterocycles. The monoisotopic (exact) mass is 334 g/mol. The van der Waals surface area contributed by atoms with Crippen LogP contribution in [0.1, 0.15) is 62.3 Å². The van der Waals surface area contributed by atoms with Crippen molar-refractivity contribution < 1.29 is 4.79 Å². The first kappa shape index (κ1) is 19.0. The van der Waals surface area contributed by atoms with Crippen LogP contribution in [0.3, 0.4) is 0 Å². The highest BCUT2D eigenvalue weighted by Crippen LogP contribution is 2.26. The second-order valence-corrected chi connectivity index (χ2v) is 8.13. The molecule has 0 spiro atoms. The van der Waals surface area contributed by atoms with Crippen LogP contribution >= 0.6 is 0 Å². The zero-order valence-electron chi connectivity index (χ0n) is 16.2. The molecule has 0 radical (unpaired) electrons. The highest BCUT2D eigenvalue weighted by Gasteiger charge is 2.29. The van der Waals surface area contributed by atoms with Crippen molar-refractivity contribution in [2.24, 2.45) is 11.8 Å². The molecule has 1 aromatic heterocycles. The summed E-state index contributed by atoms with van der Waals surface area (Å²) in [6.45, 7) is 10.8. The number of carbonyl (C=O) groups excluding carboxylic acids is 1. The Bertz CT molecular complexity index is 560. The smallest absolute Gasteiger partial charge is 0.274 e. The maximum Gasteiger partial charge on any atom is 0.274 e. The van der Waals surface area contributed by atoms with Crippen LogP contribution in [-0.4, -0.2) is 47.3 Å². The molecule has 24 heavy (non-hydrogen) atoms. The molecule has 0 aromatic carbocycles. The van der Waals surface area contributed by atoms with Crippen LogP contribution in [0.25, 0.3) is 0 Å². The Labute approximate surface area is 146 Å². The fourth-order valence-electron chi connectivity index (χ4n) is 3.32. The topological polar surface area (TPSA) is 50.2 Å². The van der Waals surface area contributed by atoms with Gasteiger partial charge in [-0.2, -0.15) is 5.10 Å². The van der Waals surface area contributed by atoms with Crippen LogP contribution in [-0.2, 0) is 19.4 Å². The summed E-state index contributed by atoms with van der Waals surface area (Å²) in [6.07, 6.45) is 4.25. The standard InChI is InChI=1S/C19H34N4O/c1-13(2)9-10-20-15-7-8-17-16(11-15)18(19(24)22(5)6)21-23(17)12-14(3)4/h13-15,20H,7-12H2,1-6H3. The second-order valence-electron chi connectivity index (χ2n) is 8.13. The second kappa shape index (κ2) is 8.15. The van der Waals surface area contributed by atoms with E-state index in [0.717, 1.165) is 38.3 Å². The highest BCUT2D eigenvalue weighted by molar-refractivity contribution is 5.93. The summed E-state index contributed by atoms with van der Waals surface area (Å²) in [7, 11) is 3.61. The maximum absolute atomic E-state index is 12.6. The maximum atomic E-state index is 12.6. The lowest BCUT2D eigenvalue weighted by Gasteiger charge is -2.25. The zero-order valence-corrected chi connectivity index (χ0v) is 16.2. The highest BCUT2D eigenvalue weighted by atomic mass is 16.2. The molecule has 1 atom stereocenters. The van der Waals surface area contributed by atoms with Crippen LogP contribution in [0.2, 0.25) is 0 Å². The van der Waals surface area contributed by atoms with E-state index in [0.29, 0.717) is 17.7 Å². The molecule has 1 aliphatic rings. The van der Waals surface area contributed by atoms with E-state index in [1.807, 2.05) is 0 Å². The van der Waals surface area contributed by atoms with Gasteiger partial charge in [0.2, 0.25) is 0 Å². The molecule has 1 aliphatic carbocycles. The molecule has 136 valence electrons. The van der Waals surface area contributed by atoms with Gasteiger partial charge in [-0.1, -0.05) is 27.7 Å². The number of nitrogens with one attached hydrogen (secondary N) is 1. The van der Waals surface area contributed by atoms with Gasteiger partial charge in [-0.25, -0.2) is 0 Å². The normalized spacial score (nSPS) is 17.4. The van der Waals surface area contributed by atoms with Gasteiger partial charge >= 0.3 is 0 Å². The van der Waals surface area contributed by atoms with Crippen molar-refractivity contribution in [2.75, 3.05) is 20.6 Å². The van der Waals surface area contributed by atoms with E-state index in [4.69, 9.17) is 5.10 Å². The summed E-state index contributed by atoms with van der Waals surface area (Å²) >= 11 is 0. The Morgan fingerprint density at radius 3 is 2.58 bits per heavy atom. The third kappa shape index (κ3) is 4.59. The number of hydrogen-bond donors (Lipinski definition) is 1. The number of rotatable bonds is 7. The minimum Gasteiger partial charge on any atom is -0.343 e. The Morgan fingerprint density at radius 2 is 2.00 bits per heavy atom. The SMILES string of the molecule is CC(C)CCNC1CCc2c(c(C(=O)N(C)C)nn2CC(C)C)C1. The van der Waals surface area contributed by atoms with Gasteiger partial charge in [0.25, 0.3) is 5.91 Å². The summed E-state index contributed by atoms with van der Waals surface area (Å²) < 4.78 is 2.08. The van der Waals surface area contributed by atoms with E-state index in [-0.39, 0.29) is 5.91 Å². The predicted octanol–water partition coefficient (Wildman–Crippen LogP) is 2.73. The van der Waals surface area contributed by atoms with Gasteiger partial charge in [-0.05, 0) is 44.1 Å². The zero-order chi connectivity index (χ0) is 17.9. The van der Waals surface area contributed by atoms with Gasteiger partial charge in [0.1, 0.15) is 0 Å². The number of carbonyl (C=O) groups is 1. The lowest BCUT2D eigenvalue weighted by molar-refractivity contribution is 0.0819. The first-order valence-electron chi connectivity index (χ1n) is 9.33. The molecule has 1 amide bonds. The van der Waals surface area contributed by atoms with Crippen molar-refractivity contribution in [3.8, 4) is 0 Å². The summed E-state index contributed by atoms with van der Waals surface area (Å²) in [5.41, 5.74) is 3.10. The fraction of sp³-hybridized carbons (Fsp3) is 0.789. The predicted molar refractivity (Wildman–Crippen MR) is 98.4 cm³/mol. The number of nitrogens with zero attached hydrogens (tertiary/aromatic N) is 3. The molecule has 0 fully saturated rings. The quantitative estimate of drug-likeness (QED) is 0.834. The van der Waals surface area contributed by atoms with Crippen LogP contribution in [0.5, 0.6) is 0 Å². The molecule has 1 aromatic rings. The summed E-state index contributed by atoms with van der Waals surface area (Å²) in [5, 5.41) is 8.37. The van der Waals surface area contributed by atoms with Crippen molar-refractivity contribution in [2.45, 2.75) is 66.0 Å². The van der Waals surface area contributed by atoms with Crippen molar-refractivity contribution >= 4 is 5.91 Å². The van der Waals surface area contributed by atoms with Gasteiger partial charge in [0.05, 0.1) is 0 Å².